The maximum absolute atomic E-state index is 5.65. The first-order valence-corrected chi connectivity index (χ1v) is 8.37. The van der Waals surface area contributed by atoms with Crippen molar-refractivity contribution in [2.24, 2.45) is 7.05 Å². The van der Waals surface area contributed by atoms with Crippen LogP contribution in [0.25, 0.3) is 21.8 Å². The van der Waals surface area contributed by atoms with Crippen LogP contribution in [0.2, 0.25) is 0 Å². The third-order valence-electron chi connectivity index (χ3n) is 5.13. The third-order valence-corrected chi connectivity index (χ3v) is 5.13. The molecule has 0 bridgehead atoms. The molecule has 1 aromatic carbocycles. The molecule has 0 spiro atoms. The number of nitrogens with zero attached hydrogens (tertiary/aromatic N) is 2. The first kappa shape index (κ1) is 14.4. The lowest BCUT2D eigenvalue weighted by atomic mass is 10.1. The Morgan fingerprint density at radius 2 is 2.00 bits per heavy atom. The summed E-state index contributed by atoms with van der Waals surface area (Å²) in [7, 11) is 3.85. The van der Waals surface area contributed by atoms with E-state index in [1.54, 1.807) is 7.11 Å². The molecular weight excluding hydrogens is 286 g/mol. The third kappa shape index (κ3) is 2.24. The summed E-state index contributed by atoms with van der Waals surface area (Å²) in [5.74, 6) is 0.918. The fourth-order valence-electron chi connectivity index (χ4n) is 3.95. The number of methoxy groups -OCH3 is 1. The lowest BCUT2D eigenvalue weighted by Crippen LogP contribution is -2.15. The molecule has 0 amide bonds. The summed E-state index contributed by atoms with van der Waals surface area (Å²) in [6, 6.07) is 7.07. The molecule has 0 atom stereocenters. The molecule has 0 saturated heterocycles. The van der Waals surface area contributed by atoms with Crippen molar-refractivity contribution in [2.45, 2.75) is 38.6 Å². The maximum atomic E-state index is 5.65. The Balaban J connectivity index is 1.93. The molecule has 1 fully saturated rings. The molecule has 23 heavy (non-hydrogen) atoms. The molecule has 2 heterocycles. The van der Waals surface area contributed by atoms with E-state index in [-0.39, 0.29) is 0 Å². The quantitative estimate of drug-likeness (QED) is 0.779. The van der Waals surface area contributed by atoms with Crippen LogP contribution in [-0.4, -0.2) is 22.7 Å². The fraction of sp³-hybridized carbons (Fsp3) is 0.421. The molecule has 4 heteroatoms. The van der Waals surface area contributed by atoms with Crippen molar-refractivity contribution in [3.05, 3.63) is 30.1 Å². The number of aromatic nitrogens is 2. The highest BCUT2D eigenvalue weighted by atomic mass is 16.5. The van der Waals surface area contributed by atoms with E-state index in [0.29, 0.717) is 6.04 Å². The van der Waals surface area contributed by atoms with E-state index < -0.39 is 0 Å². The summed E-state index contributed by atoms with van der Waals surface area (Å²) in [5, 5.41) is 6.21. The van der Waals surface area contributed by atoms with Gasteiger partial charge in [0.15, 0.2) is 0 Å². The zero-order chi connectivity index (χ0) is 16.0. The van der Waals surface area contributed by atoms with Gasteiger partial charge in [0.25, 0.3) is 0 Å². The molecule has 120 valence electrons. The second-order valence-corrected chi connectivity index (χ2v) is 6.55. The number of fused-ring (bicyclic) bond motifs is 3. The summed E-state index contributed by atoms with van der Waals surface area (Å²) in [6.07, 6.45) is 7.04. The monoisotopic (exact) mass is 309 g/mol. The number of ether oxygens (including phenoxy) is 1. The van der Waals surface area contributed by atoms with Crippen LogP contribution in [0.15, 0.2) is 24.4 Å². The molecule has 1 N–H and O–H groups in total. The van der Waals surface area contributed by atoms with E-state index in [4.69, 9.17) is 4.74 Å². The van der Waals surface area contributed by atoms with Gasteiger partial charge in [-0.1, -0.05) is 12.8 Å². The van der Waals surface area contributed by atoms with Crippen LogP contribution in [0.3, 0.4) is 0 Å². The molecule has 4 rings (SSSR count). The van der Waals surface area contributed by atoms with Gasteiger partial charge in [-0.3, -0.25) is 4.98 Å². The van der Waals surface area contributed by atoms with Gasteiger partial charge in [0.1, 0.15) is 5.75 Å². The Labute approximate surface area is 136 Å². The predicted molar refractivity (Wildman–Crippen MR) is 95.4 cm³/mol. The van der Waals surface area contributed by atoms with Gasteiger partial charge in [-0.25, -0.2) is 0 Å². The predicted octanol–water partition coefficient (Wildman–Crippen LogP) is 4.40. The van der Waals surface area contributed by atoms with Gasteiger partial charge < -0.3 is 14.6 Å². The summed E-state index contributed by atoms with van der Waals surface area (Å²) >= 11 is 0. The SMILES string of the molecule is COc1cc2c(cc1NC1CCCC1)c1ccnc(C)c1n2C. The number of hydrogen-bond donors (Lipinski definition) is 1. The number of aryl methyl sites for hydroxylation is 2. The van der Waals surface area contributed by atoms with Crippen LogP contribution in [-0.2, 0) is 7.05 Å². The van der Waals surface area contributed by atoms with Crippen LogP contribution in [0.1, 0.15) is 31.4 Å². The second-order valence-electron chi connectivity index (χ2n) is 6.55. The molecule has 1 aliphatic carbocycles. The van der Waals surface area contributed by atoms with Crippen molar-refractivity contribution < 1.29 is 4.74 Å². The average molecular weight is 309 g/mol. The standard InChI is InChI=1S/C19H23N3O/c1-12-19-14(8-9-20-12)15-10-16(21-13-6-4-5-7-13)18(23-3)11-17(15)22(19)2/h8-11,13,21H,4-7H2,1-3H3. The van der Waals surface area contributed by atoms with E-state index in [0.717, 1.165) is 17.1 Å². The molecule has 1 aliphatic rings. The van der Waals surface area contributed by atoms with Gasteiger partial charge in [-0.2, -0.15) is 0 Å². The van der Waals surface area contributed by atoms with Crippen LogP contribution >= 0.6 is 0 Å². The molecule has 0 radical (unpaired) electrons. The van der Waals surface area contributed by atoms with Crippen molar-refractivity contribution in [1.82, 2.24) is 9.55 Å². The molecule has 4 nitrogen and oxygen atoms in total. The Kier molecular flexibility index (Phi) is 3.40. The first-order chi connectivity index (χ1) is 11.2. The van der Waals surface area contributed by atoms with Crippen LogP contribution < -0.4 is 10.1 Å². The van der Waals surface area contributed by atoms with Gasteiger partial charge in [0, 0.05) is 36.1 Å². The van der Waals surface area contributed by atoms with E-state index in [2.05, 4.69) is 47.0 Å². The van der Waals surface area contributed by atoms with E-state index in [1.165, 1.54) is 47.5 Å². The van der Waals surface area contributed by atoms with Crippen LogP contribution in [0.5, 0.6) is 5.75 Å². The van der Waals surface area contributed by atoms with Crippen LogP contribution in [0, 0.1) is 6.92 Å². The number of hydrogen-bond acceptors (Lipinski definition) is 3. The Hall–Kier alpha value is -2.23. The van der Waals surface area contributed by atoms with Gasteiger partial charge in [0.2, 0.25) is 0 Å². The molecule has 2 aromatic heterocycles. The maximum Gasteiger partial charge on any atom is 0.144 e. The average Bonchev–Trinajstić information content (AvgIpc) is 3.15. The second kappa shape index (κ2) is 5.44. The normalized spacial score (nSPS) is 15.6. The smallest absolute Gasteiger partial charge is 0.144 e. The molecule has 1 saturated carbocycles. The minimum Gasteiger partial charge on any atom is -0.495 e. The Morgan fingerprint density at radius 3 is 2.74 bits per heavy atom. The fourth-order valence-corrected chi connectivity index (χ4v) is 3.95. The number of rotatable bonds is 3. The van der Waals surface area contributed by atoms with Gasteiger partial charge >= 0.3 is 0 Å². The molecule has 0 unspecified atom stereocenters. The first-order valence-electron chi connectivity index (χ1n) is 8.37. The highest BCUT2D eigenvalue weighted by molar-refractivity contribution is 6.10. The zero-order valence-electron chi connectivity index (χ0n) is 14.0. The summed E-state index contributed by atoms with van der Waals surface area (Å²) < 4.78 is 7.87. The number of pyridine rings is 1. The topological polar surface area (TPSA) is 39.1 Å². The summed E-state index contributed by atoms with van der Waals surface area (Å²) in [6.45, 7) is 2.07. The highest BCUT2D eigenvalue weighted by Gasteiger charge is 2.19. The van der Waals surface area contributed by atoms with Crippen molar-refractivity contribution in [3.8, 4) is 5.75 Å². The van der Waals surface area contributed by atoms with Crippen molar-refractivity contribution in [1.29, 1.82) is 0 Å². The Morgan fingerprint density at radius 1 is 1.22 bits per heavy atom. The molecular formula is C19H23N3O. The highest BCUT2D eigenvalue weighted by Crippen LogP contribution is 2.37. The van der Waals surface area contributed by atoms with E-state index in [1.807, 2.05) is 6.20 Å². The zero-order valence-corrected chi connectivity index (χ0v) is 14.0. The lowest BCUT2D eigenvalue weighted by molar-refractivity contribution is 0.416. The van der Waals surface area contributed by atoms with Crippen LogP contribution in [0.4, 0.5) is 5.69 Å². The summed E-state index contributed by atoms with van der Waals surface area (Å²) in [4.78, 5) is 4.44. The van der Waals surface area contributed by atoms with Gasteiger partial charge in [-0.15, -0.1) is 0 Å². The Bertz CT molecular complexity index is 875. The van der Waals surface area contributed by atoms with Gasteiger partial charge in [0.05, 0.1) is 29.5 Å². The largest absolute Gasteiger partial charge is 0.495 e. The molecule has 0 aliphatic heterocycles. The van der Waals surface area contributed by atoms with Gasteiger partial charge in [-0.05, 0) is 31.9 Å². The number of anilines is 1. The lowest BCUT2D eigenvalue weighted by Gasteiger charge is -2.17. The van der Waals surface area contributed by atoms with Crippen molar-refractivity contribution in [2.75, 3.05) is 12.4 Å². The minimum atomic E-state index is 0.569. The number of benzene rings is 1. The van der Waals surface area contributed by atoms with Crippen molar-refractivity contribution in [3.63, 3.8) is 0 Å². The summed E-state index contributed by atoms with van der Waals surface area (Å²) in [5.41, 5.74) is 4.55. The van der Waals surface area contributed by atoms with Crippen molar-refractivity contribution >= 4 is 27.5 Å². The molecule has 3 aromatic rings. The van der Waals surface area contributed by atoms with E-state index >= 15 is 0 Å². The number of nitrogens with one attached hydrogen (secondary N) is 1. The minimum absolute atomic E-state index is 0.569. The van der Waals surface area contributed by atoms with E-state index in [9.17, 15) is 0 Å².